The van der Waals surface area contributed by atoms with Gasteiger partial charge in [-0.3, -0.25) is 0 Å². The number of fused-ring (bicyclic) bond motifs is 1. The SMILES string of the molecule is C1=CC[C]([Zr+2][CH]2C=Cc3ccccc32)=C1.[Br-].[Br-]. The standard InChI is InChI=1S/C9H7.C5H5.2BrH.Zr/c1-2-5-9-7-3-6-8(9)4-1;1-2-4-5-3-1;;;/h1-7H;1-3H,4H2;2*1H;/q;;;;+2/p-2. The first-order valence-electron chi connectivity index (χ1n) is 5.33. The van der Waals surface area contributed by atoms with E-state index in [2.05, 4.69) is 54.6 Å². The number of hydrogen-bond donors (Lipinski definition) is 0. The second kappa shape index (κ2) is 7.02. The second-order valence-electron chi connectivity index (χ2n) is 3.93. The van der Waals surface area contributed by atoms with E-state index in [0.29, 0.717) is 0 Å². The Labute approximate surface area is 135 Å². The topological polar surface area (TPSA) is 0 Å². The van der Waals surface area contributed by atoms with E-state index in [1.54, 1.807) is 8.84 Å². The van der Waals surface area contributed by atoms with Crippen LogP contribution in [0.1, 0.15) is 21.2 Å². The molecule has 0 fully saturated rings. The summed E-state index contributed by atoms with van der Waals surface area (Å²) >= 11 is -0.427. The number of benzene rings is 1. The maximum Gasteiger partial charge on any atom is -1.00 e. The molecule has 2 aliphatic carbocycles. The third-order valence-electron chi connectivity index (χ3n) is 2.91. The Bertz CT molecular complexity index is 475. The minimum atomic E-state index is -0.427. The molecule has 0 spiro atoms. The molecule has 0 saturated carbocycles. The first kappa shape index (κ1) is 15.3. The van der Waals surface area contributed by atoms with Gasteiger partial charge >= 0.3 is 102 Å². The van der Waals surface area contributed by atoms with Crippen LogP contribution in [0.2, 0.25) is 0 Å². The van der Waals surface area contributed by atoms with Crippen LogP contribution >= 0.6 is 0 Å². The fourth-order valence-electron chi connectivity index (χ4n) is 2.13. The Morgan fingerprint density at radius 3 is 2.71 bits per heavy atom. The average Bonchev–Trinajstić information content (AvgIpc) is 2.89. The number of halogens is 2. The van der Waals surface area contributed by atoms with Gasteiger partial charge in [-0.15, -0.1) is 0 Å². The van der Waals surface area contributed by atoms with E-state index in [9.17, 15) is 0 Å². The van der Waals surface area contributed by atoms with Crippen molar-refractivity contribution in [2.45, 2.75) is 10.0 Å². The van der Waals surface area contributed by atoms with Gasteiger partial charge in [0.15, 0.2) is 0 Å². The predicted octanol–water partition coefficient (Wildman–Crippen LogP) is -2.31. The summed E-state index contributed by atoms with van der Waals surface area (Å²) in [7, 11) is 0. The fourth-order valence-corrected chi connectivity index (χ4v) is 5.67. The van der Waals surface area contributed by atoms with E-state index in [4.69, 9.17) is 0 Å². The van der Waals surface area contributed by atoms with Crippen molar-refractivity contribution in [1.82, 2.24) is 0 Å². The van der Waals surface area contributed by atoms with Crippen molar-refractivity contribution in [2.24, 2.45) is 0 Å². The molecule has 3 rings (SSSR count). The summed E-state index contributed by atoms with van der Waals surface area (Å²) in [6, 6.07) is 8.82. The van der Waals surface area contributed by atoms with Crippen LogP contribution in [0.5, 0.6) is 0 Å². The Balaban J connectivity index is 0.000000722. The maximum atomic E-state index is 2.41. The van der Waals surface area contributed by atoms with E-state index >= 15 is 0 Å². The molecular formula is C14H12Br2Zr. The molecular weight excluding hydrogens is 419 g/mol. The summed E-state index contributed by atoms with van der Waals surface area (Å²) in [5, 5.41) is 0. The van der Waals surface area contributed by atoms with Crippen molar-refractivity contribution < 1.29 is 57.2 Å². The molecule has 1 aromatic rings. The number of hydrogen-bond acceptors (Lipinski definition) is 0. The maximum absolute atomic E-state index is 2.41. The van der Waals surface area contributed by atoms with E-state index in [-0.39, 0.29) is 34.0 Å². The molecule has 0 heterocycles. The van der Waals surface area contributed by atoms with Crippen LogP contribution in [0.3, 0.4) is 0 Å². The molecule has 0 radical (unpaired) electrons. The third-order valence-corrected chi connectivity index (χ3v) is 6.74. The molecule has 0 amide bonds. The molecule has 17 heavy (non-hydrogen) atoms. The van der Waals surface area contributed by atoms with Gasteiger partial charge in [-0.05, 0) is 0 Å². The van der Waals surface area contributed by atoms with Gasteiger partial charge in [-0.2, -0.15) is 0 Å². The molecule has 86 valence electrons. The zero-order chi connectivity index (χ0) is 10.1. The molecule has 2 aliphatic rings. The number of rotatable bonds is 2. The number of allylic oxidation sites excluding steroid dienone is 5. The van der Waals surface area contributed by atoms with Gasteiger partial charge in [0.25, 0.3) is 0 Å². The molecule has 1 aromatic carbocycles. The predicted molar refractivity (Wildman–Crippen MR) is 60.1 cm³/mol. The normalized spacial score (nSPS) is 18.8. The molecule has 0 N–H and O–H groups in total. The molecule has 0 saturated heterocycles. The summed E-state index contributed by atoms with van der Waals surface area (Å²) in [5.41, 5.74) is 3.01. The van der Waals surface area contributed by atoms with Crippen LogP contribution in [0.4, 0.5) is 0 Å². The summed E-state index contributed by atoms with van der Waals surface area (Å²) in [5.74, 6) is 0. The van der Waals surface area contributed by atoms with Gasteiger partial charge in [0.2, 0.25) is 0 Å². The van der Waals surface area contributed by atoms with Gasteiger partial charge in [-0.25, -0.2) is 0 Å². The van der Waals surface area contributed by atoms with Gasteiger partial charge in [0.1, 0.15) is 0 Å². The Kier molecular flexibility index (Phi) is 6.33. The quantitative estimate of drug-likeness (QED) is 0.494. The molecule has 1 atom stereocenters. The molecule has 3 heteroatoms. The zero-order valence-electron chi connectivity index (χ0n) is 9.24. The smallest absolute Gasteiger partial charge is 1.00 e. The summed E-state index contributed by atoms with van der Waals surface area (Å²) in [6.07, 6.45) is 12.8. The second-order valence-corrected chi connectivity index (χ2v) is 7.75. The van der Waals surface area contributed by atoms with Crippen LogP contribution in [-0.2, 0) is 23.2 Å². The summed E-state index contributed by atoms with van der Waals surface area (Å²) < 4.78 is 2.50. The van der Waals surface area contributed by atoms with Crippen LogP contribution in [0.25, 0.3) is 6.08 Å². The minimum absolute atomic E-state index is 0. The van der Waals surface area contributed by atoms with Crippen LogP contribution in [0.15, 0.2) is 51.9 Å². The Hall–Kier alpha value is 0.283. The molecule has 1 unspecified atom stereocenters. The van der Waals surface area contributed by atoms with E-state index in [0.717, 1.165) is 3.63 Å². The van der Waals surface area contributed by atoms with Gasteiger partial charge < -0.3 is 34.0 Å². The van der Waals surface area contributed by atoms with Crippen molar-refractivity contribution in [3.8, 4) is 0 Å². The van der Waals surface area contributed by atoms with E-state index in [1.807, 2.05) is 0 Å². The van der Waals surface area contributed by atoms with Crippen LogP contribution in [-0.4, -0.2) is 0 Å². The van der Waals surface area contributed by atoms with Gasteiger partial charge in [0, 0.05) is 0 Å². The van der Waals surface area contributed by atoms with E-state index in [1.165, 1.54) is 12.0 Å². The first-order chi connectivity index (χ1) is 7.43. The van der Waals surface area contributed by atoms with Crippen LogP contribution in [0, 0.1) is 0 Å². The average molecular weight is 431 g/mol. The molecule has 0 bridgehead atoms. The zero-order valence-corrected chi connectivity index (χ0v) is 14.9. The molecule has 0 aromatic heterocycles. The third kappa shape index (κ3) is 3.39. The van der Waals surface area contributed by atoms with E-state index < -0.39 is 23.2 Å². The van der Waals surface area contributed by atoms with Gasteiger partial charge in [-0.1, -0.05) is 0 Å². The van der Waals surface area contributed by atoms with Crippen molar-refractivity contribution in [1.29, 1.82) is 0 Å². The van der Waals surface area contributed by atoms with Crippen molar-refractivity contribution >= 4 is 6.08 Å². The Morgan fingerprint density at radius 2 is 1.94 bits per heavy atom. The van der Waals surface area contributed by atoms with Crippen molar-refractivity contribution in [3.05, 3.63) is 63.0 Å². The largest absolute Gasteiger partial charge is 1.00 e. The van der Waals surface area contributed by atoms with Crippen molar-refractivity contribution in [2.75, 3.05) is 0 Å². The Morgan fingerprint density at radius 1 is 1.12 bits per heavy atom. The minimum Gasteiger partial charge on any atom is -1.00 e. The first-order valence-corrected chi connectivity index (χ1v) is 7.98. The summed E-state index contributed by atoms with van der Waals surface area (Å²) in [4.78, 5) is 0. The van der Waals surface area contributed by atoms with Gasteiger partial charge in [0.05, 0.1) is 0 Å². The molecule has 0 aliphatic heterocycles. The van der Waals surface area contributed by atoms with Crippen molar-refractivity contribution in [3.63, 3.8) is 0 Å². The monoisotopic (exact) mass is 428 g/mol. The van der Waals surface area contributed by atoms with Crippen LogP contribution < -0.4 is 34.0 Å². The fraction of sp³-hybridized carbons (Fsp3) is 0.143. The molecule has 0 nitrogen and oxygen atoms in total. The summed E-state index contributed by atoms with van der Waals surface area (Å²) in [6.45, 7) is 0.